The Morgan fingerprint density at radius 2 is 2.03 bits per heavy atom. The van der Waals surface area contributed by atoms with Crippen molar-refractivity contribution in [2.75, 3.05) is 26.3 Å². The second-order valence-corrected chi connectivity index (χ2v) is 8.03. The summed E-state index contributed by atoms with van der Waals surface area (Å²) in [6.45, 7) is 3.35. The van der Waals surface area contributed by atoms with Crippen molar-refractivity contribution in [2.45, 2.75) is 37.9 Å². The summed E-state index contributed by atoms with van der Waals surface area (Å²) in [6, 6.07) is 12.0. The molecule has 2 aromatic heterocycles. The summed E-state index contributed by atoms with van der Waals surface area (Å²) in [5.41, 5.74) is 3.08. The van der Waals surface area contributed by atoms with E-state index >= 15 is 0 Å². The average Bonchev–Trinajstić information content (AvgIpc) is 3.39. The fraction of sp³-hybridized carbons (Fsp3) is 0.476. The van der Waals surface area contributed by atoms with Crippen molar-refractivity contribution in [3.63, 3.8) is 0 Å². The summed E-state index contributed by atoms with van der Waals surface area (Å²) >= 11 is 0. The van der Waals surface area contributed by atoms with Gasteiger partial charge in [0.2, 0.25) is 5.91 Å². The maximum absolute atomic E-state index is 12.6. The lowest BCUT2D eigenvalue weighted by Crippen LogP contribution is -2.41. The highest BCUT2D eigenvalue weighted by atomic mass is 16.5. The molecule has 31 heavy (non-hydrogen) atoms. The zero-order valence-electron chi connectivity index (χ0n) is 17.3. The number of aromatic nitrogens is 6. The first-order valence-corrected chi connectivity index (χ1v) is 10.7. The third kappa shape index (κ3) is 4.64. The van der Waals surface area contributed by atoms with E-state index in [0.29, 0.717) is 31.5 Å². The number of rotatable bonds is 8. The van der Waals surface area contributed by atoms with Gasteiger partial charge in [-0.25, -0.2) is 4.68 Å². The number of nitrogens with zero attached hydrogens (tertiary/aromatic N) is 6. The zero-order valence-corrected chi connectivity index (χ0v) is 17.3. The lowest BCUT2D eigenvalue weighted by molar-refractivity contribution is -0.122. The standard InChI is InChI=1S/C21H26N8O2/c30-19(22-13-17-12-18(24-23-17)15-6-7-15)14-29-21(25-26-27-29)20(16-4-2-1-3-5-16)28-8-10-31-11-9-28/h1-5,12,15,20H,6-11,13-14H2,(H,22,30)(H,23,24). The van der Waals surface area contributed by atoms with E-state index < -0.39 is 0 Å². The van der Waals surface area contributed by atoms with E-state index in [1.165, 1.54) is 12.8 Å². The SMILES string of the molecule is O=C(Cn1nnnc1C(c1ccccc1)N1CCOCC1)NCc1cc(C2CC2)n[nH]1. The van der Waals surface area contributed by atoms with Crippen molar-refractivity contribution >= 4 is 5.91 Å². The van der Waals surface area contributed by atoms with Gasteiger partial charge in [0.05, 0.1) is 37.2 Å². The molecule has 0 bridgehead atoms. The Balaban J connectivity index is 1.28. The Hall–Kier alpha value is -3.11. The van der Waals surface area contributed by atoms with Crippen LogP contribution in [0.5, 0.6) is 0 Å². The number of aromatic amines is 1. The summed E-state index contributed by atoms with van der Waals surface area (Å²) in [4.78, 5) is 14.9. The molecule has 3 heterocycles. The summed E-state index contributed by atoms with van der Waals surface area (Å²) in [5.74, 6) is 1.09. The second kappa shape index (κ2) is 8.94. The van der Waals surface area contributed by atoms with Crippen LogP contribution in [0.1, 0.15) is 47.6 Å². The molecule has 1 aromatic carbocycles. The lowest BCUT2D eigenvalue weighted by Gasteiger charge is -2.33. The first-order chi connectivity index (χ1) is 15.3. The molecule has 2 fully saturated rings. The molecule has 1 saturated heterocycles. The first kappa shape index (κ1) is 19.8. The van der Waals surface area contributed by atoms with E-state index in [-0.39, 0.29) is 18.5 Å². The number of amides is 1. The van der Waals surface area contributed by atoms with Crippen molar-refractivity contribution < 1.29 is 9.53 Å². The molecular weight excluding hydrogens is 396 g/mol. The molecule has 10 nitrogen and oxygen atoms in total. The maximum Gasteiger partial charge on any atom is 0.242 e. The van der Waals surface area contributed by atoms with Crippen LogP contribution in [0.4, 0.5) is 0 Å². The fourth-order valence-corrected chi connectivity index (χ4v) is 3.96. The quantitative estimate of drug-likeness (QED) is 0.557. The van der Waals surface area contributed by atoms with Crippen LogP contribution in [0.25, 0.3) is 0 Å². The van der Waals surface area contributed by atoms with Gasteiger partial charge in [0.15, 0.2) is 5.82 Å². The number of carbonyl (C=O) groups excluding carboxylic acids is 1. The number of hydrogen-bond acceptors (Lipinski definition) is 7. The van der Waals surface area contributed by atoms with E-state index in [4.69, 9.17) is 4.74 Å². The van der Waals surface area contributed by atoms with Gasteiger partial charge in [0.25, 0.3) is 0 Å². The van der Waals surface area contributed by atoms with Gasteiger partial charge in [0, 0.05) is 19.0 Å². The summed E-state index contributed by atoms with van der Waals surface area (Å²) < 4.78 is 7.11. The van der Waals surface area contributed by atoms with Crippen molar-refractivity contribution in [1.82, 2.24) is 40.6 Å². The zero-order chi connectivity index (χ0) is 21.0. The normalized spacial score (nSPS) is 18.1. The molecule has 1 atom stereocenters. The van der Waals surface area contributed by atoms with Crippen LogP contribution < -0.4 is 5.32 Å². The Kier molecular flexibility index (Phi) is 5.72. The van der Waals surface area contributed by atoms with E-state index in [0.717, 1.165) is 30.0 Å². The van der Waals surface area contributed by atoms with Crippen molar-refractivity contribution in [3.8, 4) is 0 Å². The summed E-state index contributed by atoms with van der Waals surface area (Å²) in [6.07, 6.45) is 2.40. The van der Waals surface area contributed by atoms with Crippen molar-refractivity contribution in [3.05, 3.63) is 59.2 Å². The molecule has 162 valence electrons. The number of benzene rings is 1. The molecule has 1 aliphatic heterocycles. The Morgan fingerprint density at radius 3 is 2.81 bits per heavy atom. The first-order valence-electron chi connectivity index (χ1n) is 10.7. The van der Waals surface area contributed by atoms with Crippen LogP contribution in [0.2, 0.25) is 0 Å². The highest BCUT2D eigenvalue weighted by Crippen LogP contribution is 2.39. The third-order valence-corrected chi connectivity index (χ3v) is 5.75. The molecule has 1 amide bonds. The predicted octanol–water partition coefficient (Wildman–Crippen LogP) is 1.01. The van der Waals surface area contributed by atoms with Crippen molar-refractivity contribution in [1.29, 1.82) is 0 Å². The van der Waals surface area contributed by atoms with Gasteiger partial charge in [-0.1, -0.05) is 30.3 Å². The van der Waals surface area contributed by atoms with Gasteiger partial charge < -0.3 is 10.1 Å². The second-order valence-electron chi connectivity index (χ2n) is 8.03. The van der Waals surface area contributed by atoms with Gasteiger partial charge in [-0.15, -0.1) is 5.10 Å². The fourth-order valence-electron chi connectivity index (χ4n) is 3.96. The van der Waals surface area contributed by atoms with Gasteiger partial charge >= 0.3 is 0 Å². The minimum atomic E-state index is -0.148. The van der Waals surface area contributed by atoms with E-state index in [1.54, 1.807) is 4.68 Å². The molecule has 1 saturated carbocycles. The van der Waals surface area contributed by atoms with Gasteiger partial charge in [-0.3, -0.25) is 14.8 Å². The highest BCUT2D eigenvalue weighted by Gasteiger charge is 2.30. The Morgan fingerprint density at radius 1 is 1.23 bits per heavy atom. The molecule has 2 N–H and O–H groups in total. The molecule has 0 radical (unpaired) electrons. The van der Waals surface area contributed by atoms with Crippen LogP contribution in [-0.4, -0.2) is 67.5 Å². The third-order valence-electron chi connectivity index (χ3n) is 5.75. The van der Waals surface area contributed by atoms with Gasteiger partial charge in [-0.2, -0.15) is 5.10 Å². The smallest absolute Gasteiger partial charge is 0.242 e. The van der Waals surface area contributed by atoms with E-state index in [2.05, 4.69) is 48.1 Å². The number of carbonyl (C=O) groups is 1. The maximum atomic E-state index is 12.6. The molecular formula is C21H26N8O2. The van der Waals surface area contributed by atoms with Crippen LogP contribution in [-0.2, 0) is 22.6 Å². The molecule has 10 heteroatoms. The van der Waals surface area contributed by atoms with Gasteiger partial charge in [0.1, 0.15) is 6.54 Å². The number of tetrazole rings is 1. The Labute approximate surface area is 180 Å². The highest BCUT2D eigenvalue weighted by molar-refractivity contribution is 5.75. The Bertz CT molecular complexity index is 1010. The molecule has 1 aliphatic carbocycles. The molecule has 5 rings (SSSR count). The molecule has 1 unspecified atom stereocenters. The molecule has 2 aliphatic rings. The number of H-pyrrole nitrogens is 1. The van der Waals surface area contributed by atoms with Crippen molar-refractivity contribution in [2.24, 2.45) is 0 Å². The predicted molar refractivity (Wildman–Crippen MR) is 111 cm³/mol. The lowest BCUT2D eigenvalue weighted by atomic mass is 10.0. The van der Waals surface area contributed by atoms with E-state index in [9.17, 15) is 4.79 Å². The van der Waals surface area contributed by atoms with Crippen LogP contribution in [0.3, 0.4) is 0 Å². The molecule has 0 spiro atoms. The summed E-state index contributed by atoms with van der Waals surface area (Å²) in [7, 11) is 0. The number of ether oxygens (including phenoxy) is 1. The average molecular weight is 422 g/mol. The monoisotopic (exact) mass is 422 g/mol. The molecule has 3 aromatic rings. The topological polar surface area (TPSA) is 114 Å². The van der Waals surface area contributed by atoms with E-state index in [1.807, 2.05) is 24.3 Å². The number of hydrogen-bond donors (Lipinski definition) is 2. The largest absolute Gasteiger partial charge is 0.379 e. The minimum absolute atomic E-state index is 0.0552. The van der Waals surface area contributed by atoms with Crippen LogP contribution >= 0.6 is 0 Å². The van der Waals surface area contributed by atoms with Crippen LogP contribution in [0, 0.1) is 0 Å². The van der Waals surface area contributed by atoms with Gasteiger partial charge in [-0.05, 0) is 34.9 Å². The number of nitrogens with one attached hydrogen (secondary N) is 2. The van der Waals surface area contributed by atoms with Crippen LogP contribution in [0.15, 0.2) is 36.4 Å². The summed E-state index contributed by atoms with van der Waals surface area (Å²) in [5, 5.41) is 22.5. The minimum Gasteiger partial charge on any atom is -0.379 e. The number of morpholine rings is 1.